The molecule has 0 saturated heterocycles. The molecule has 0 aromatic heterocycles. The predicted molar refractivity (Wildman–Crippen MR) is 56.7 cm³/mol. The molecular weight excluding hydrogens is 196 g/mol. The quantitative estimate of drug-likeness (QED) is 0.826. The summed E-state index contributed by atoms with van der Waals surface area (Å²) in [7, 11) is 4.62. The summed E-state index contributed by atoms with van der Waals surface area (Å²) in [5, 5.41) is 9.54. The lowest BCUT2D eigenvalue weighted by atomic mass is 10.1. The Hall–Kier alpha value is -1.42. The van der Waals surface area contributed by atoms with Crippen LogP contribution in [0.3, 0.4) is 0 Å². The van der Waals surface area contributed by atoms with Gasteiger partial charge in [0, 0.05) is 5.56 Å². The molecule has 0 aliphatic carbocycles. The van der Waals surface area contributed by atoms with Crippen LogP contribution in [0.2, 0.25) is 0 Å². The van der Waals surface area contributed by atoms with Gasteiger partial charge < -0.3 is 19.3 Å². The summed E-state index contributed by atoms with van der Waals surface area (Å²) < 4.78 is 15.5. The highest BCUT2D eigenvalue weighted by Crippen LogP contribution is 2.41. The third-order valence-corrected chi connectivity index (χ3v) is 2.18. The molecule has 1 aromatic rings. The Balaban J connectivity index is 3.34. The largest absolute Gasteiger partial charge is 0.493 e. The summed E-state index contributed by atoms with van der Waals surface area (Å²) in [6, 6.07) is 3.49. The van der Waals surface area contributed by atoms with E-state index in [4.69, 9.17) is 14.2 Å². The van der Waals surface area contributed by atoms with E-state index in [9.17, 15) is 5.11 Å². The molecule has 0 heterocycles. The van der Waals surface area contributed by atoms with Gasteiger partial charge in [-0.25, -0.2) is 0 Å². The van der Waals surface area contributed by atoms with Gasteiger partial charge in [0.05, 0.1) is 27.4 Å². The lowest BCUT2D eigenvalue weighted by Gasteiger charge is -2.16. The van der Waals surface area contributed by atoms with E-state index < -0.39 is 6.10 Å². The Bertz CT molecular complexity index is 334. The Morgan fingerprint density at radius 2 is 1.60 bits per heavy atom. The van der Waals surface area contributed by atoms with Crippen molar-refractivity contribution >= 4 is 0 Å². The van der Waals surface area contributed by atoms with E-state index in [0.29, 0.717) is 22.8 Å². The Morgan fingerprint density at radius 3 is 2.00 bits per heavy atom. The lowest BCUT2D eigenvalue weighted by Crippen LogP contribution is -2.01. The first-order chi connectivity index (χ1) is 7.15. The zero-order valence-corrected chi connectivity index (χ0v) is 9.40. The van der Waals surface area contributed by atoms with Crippen molar-refractivity contribution in [3.8, 4) is 17.2 Å². The summed E-state index contributed by atoms with van der Waals surface area (Å²) in [6.45, 7) is 1.67. The maximum absolute atomic E-state index is 9.54. The number of benzene rings is 1. The first-order valence-electron chi connectivity index (χ1n) is 4.62. The zero-order chi connectivity index (χ0) is 11.4. The second-order valence-electron chi connectivity index (χ2n) is 3.10. The summed E-state index contributed by atoms with van der Waals surface area (Å²) >= 11 is 0. The summed E-state index contributed by atoms with van der Waals surface area (Å²) in [6.07, 6.45) is -0.611. The van der Waals surface area contributed by atoms with Crippen LogP contribution in [0.4, 0.5) is 0 Å². The van der Waals surface area contributed by atoms with E-state index in [0.717, 1.165) is 0 Å². The number of rotatable bonds is 4. The summed E-state index contributed by atoms with van der Waals surface area (Å²) in [5.41, 5.74) is 0.676. The van der Waals surface area contributed by atoms with Gasteiger partial charge in [-0.15, -0.1) is 0 Å². The topological polar surface area (TPSA) is 47.9 Å². The van der Waals surface area contributed by atoms with Gasteiger partial charge in [0.25, 0.3) is 0 Å². The zero-order valence-electron chi connectivity index (χ0n) is 9.40. The van der Waals surface area contributed by atoms with Gasteiger partial charge >= 0.3 is 0 Å². The fraction of sp³-hybridized carbons (Fsp3) is 0.455. The van der Waals surface area contributed by atoms with Gasteiger partial charge in [0.15, 0.2) is 11.5 Å². The molecule has 1 unspecified atom stereocenters. The Kier molecular flexibility index (Phi) is 3.80. The van der Waals surface area contributed by atoms with Gasteiger partial charge in [-0.3, -0.25) is 0 Å². The van der Waals surface area contributed by atoms with Crippen LogP contribution in [0.1, 0.15) is 18.6 Å². The lowest BCUT2D eigenvalue weighted by molar-refractivity contribution is 0.192. The highest BCUT2D eigenvalue weighted by Gasteiger charge is 2.17. The first kappa shape index (κ1) is 11.7. The summed E-state index contributed by atoms with van der Waals surface area (Å²) in [4.78, 5) is 0. The van der Waals surface area contributed by atoms with Crippen LogP contribution in [0.15, 0.2) is 12.1 Å². The number of ether oxygens (including phenoxy) is 3. The van der Waals surface area contributed by atoms with E-state index >= 15 is 0 Å². The molecule has 1 aromatic carbocycles. The molecule has 15 heavy (non-hydrogen) atoms. The van der Waals surface area contributed by atoms with Crippen molar-refractivity contribution in [3.05, 3.63) is 17.7 Å². The first-order valence-corrected chi connectivity index (χ1v) is 4.62. The molecule has 1 rings (SSSR count). The third kappa shape index (κ3) is 2.15. The normalized spacial score (nSPS) is 12.1. The molecule has 0 aliphatic heterocycles. The average Bonchev–Trinajstić information content (AvgIpc) is 2.26. The molecule has 0 saturated carbocycles. The molecule has 0 amide bonds. The fourth-order valence-electron chi connectivity index (χ4n) is 1.45. The molecule has 0 fully saturated rings. The van der Waals surface area contributed by atoms with Crippen molar-refractivity contribution in [1.29, 1.82) is 0 Å². The number of aliphatic hydroxyl groups is 1. The monoisotopic (exact) mass is 212 g/mol. The smallest absolute Gasteiger partial charge is 0.203 e. The predicted octanol–water partition coefficient (Wildman–Crippen LogP) is 1.77. The van der Waals surface area contributed by atoms with Gasteiger partial charge in [-0.05, 0) is 19.1 Å². The molecule has 4 nitrogen and oxygen atoms in total. The molecule has 0 aliphatic rings. The van der Waals surface area contributed by atoms with E-state index in [1.165, 1.54) is 14.2 Å². The molecule has 0 radical (unpaired) electrons. The van der Waals surface area contributed by atoms with Gasteiger partial charge in [-0.1, -0.05) is 0 Å². The van der Waals surface area contributed by atoms with E-state index in [1.54, 1.807) is 26.2 Å². The number of hydrogen-bond donors (Lipinski definition) is 1. The highest BCUT2D eigenvalue weighted by molar-refractivity contribution is 5.56. The standard InChI is InChI=1S/C11H16O4/c1-7(12)8-5-6-9(13-2)11(15-4)10(8)14-3/h5-7,12H,1-4H3. The van der Waals surface area contributed by atoms with Crippen LogP contribution >= 0.6 is 0 Å². The maximum Gasteiger partial charge on any atom is 0.203 e. The van der Waals surface area contributed by atoms with E-state index in [1.807, 2.05) is 0 Å². The molecule has 0 spiro atoms. The van der Waals surface area contributed by atoms with Crippen molar-refractivity contribution in [2.75, 3.05) is 21.3 Å². The molecule has 4 heteroatoms. The van der Waals surface area contributed by atoms with Crippen molar-refractivity contribution < 1.29 is 19.3 Å². The van der Waals surface area contributed by atoms with Crippen LogP contribution < -0.4 is 14.2 Å². The third-order valence-electron chi connectivity index (χ3n) is 2.18. The average molecular weight is 212 g/mol. The number of methoxy groups -OCH3 is 3. The number of aliphatic hydroxyl groups excluding tert-OH is 1. The minimum absolute atomic E-state index is 0.499. The van der Waals surface area contributed by atoms with Crippen LogP contribution in [0.25, 0.3) is 0 Å². The molecular formula is C11H16O4. The van der Waals surface area contributed by atoms with Crippen LogP contribution in [-0.4, -0.2) is 26.4 Å². The minimum Gasteiger partial charge on any atom is -0.493 e. The molecule has 1 N–H and O–H groups in total. The SMILES string of the molecule is COc1ccc(C(C)O)c(OC)c1OC. The minimum atomic E-state index is -0.611. The second-order valence-corrected chi connectivity index (χ2v) is 3.10. The summed E-state index contributed by atoms with van der Waals surface area (Å²) in [5.74, 6) is 1.59. The number of hydrogen-bond acceptors (Lipinski definition) is 4. The molecule has 1 atom stereocenters. The van der Waals surface area contributed by atoms with Gasteiger partial charge in [-0.2, -0.15) is 0 Å². The van der Waals surface area contributed by atoms with Crippen molar-refractivity contribution in [2.45, 2.75) is 13.0 Å². The Morgan fingerprint density at radius 1 is 1.00 bits per heavy atom. The second kappa shape index (κ2) is 4.89. The molecule has 84 valence electrons. The van der Waals surface area contributed by atoms with E-state index in [2.05, 4.69) is 0 Å². The van der Waals surface area contributed by atoms with Gasteiger partial charge in [0.2, 0.25) is 5.75 Å². The van der Waals surface area contributed by atoms with Crippen LogP contribution in [-0.2, 0) is 0 Å². The van der Waals surface area contributed by atoms with Crippen LogP contribution in [0, 0.1) is 0 Å². The van der Waals surface area contributed by atoms with Crippen molar-refractivity contribution in [2.24, 2.45) is 0 Å². The maximum atomic E-state index is 9.54. The Labute approximate surface area is 89.4 Å². The van der Waals surface area contributed by atoms with Crippen LogP contribution in [0.5, 0.6) is 17.2 Å². The van der Waals surface area contributed by atoms with E-state index in [-0.39, 0.29) is 0 Å². The fourth-order valence-corrected chi connectivity index (χ4v) is 1.45. The van der Waals surface area contributed by atoms with Crippen molar-refractivity contribution in [3.63, 3.8) is 0 Å². The molecule has 0 bridgehead atoms. The van der Waals surface area contributed by atoms with Gasteiger partial charge in [0.1, 0.15) is 0 Å². The highest BCUT2D eigenvalue weighted by atomic mass is 16.5. The van der Waals surface area contributed by atoms with Crippen molar-refractivity contribution in [1.82, 2.24) is 0 Å².